The minimum absolute atomic E-state index is 0.185. The quantitative estimate of drug-likeness (QED) is 0.673. The molecule has 0 radical (unpaired) electrons. The predicted octanol–water partition coefficient (Wildman–Crippen LogP) is 2.02. The number of carbonyl (C=O) groups excluding carboxylic acids is 1. The Kier molecular flexibility index (Phi) is 7.48. The highest BCUT2D eigenvalue weighted by Crippen LogP contribution is 2.04. The molecule has 102 valence electrons. The molecule has 0 unspecified atom stereocenters. The lowest BCUT2D eigenvalue weighted by atomic mass is 10.2. The number of rotatable bonds is 9. The second-order valence-electron chi connectivity index (χ2n) is 4.12. The van der Waals surface area contributed by atoms with Crippen LogP contribution >= 0.6 is 11.8 Å². The number of hydrogen-bond acceptors (Lipinski definition) is 4. The van der Waals surface area contributed by atoms with Gasteiger partial charge in [0.15, 0.2) is 0 Å². The van der Waals surface area contributed by atoms with Crippen molar-refractivity contribution in [1.29, 1.82) is 0 Å². The highest BCUT2D eigenvalue weighted by Gasteiger charge is 2.10. The molecule has 6 heteroatoms. The van der Waals surface area contributed by atoms with Crippen LogP contribution in [0.1, 0.15) is 49.1 Å². The van der Waals surface area contributed by atoms with Crippen molar-refractivity contribution in [3.63, 3.8) is 0 Å². The number of carbonyl (C=O) groups is 1. The van der Waals surface area contributed by atoms with E-state index in [1.807, 2.05) is 18.7 Å². The zero-order valence-electron chi connectivity index (χ0n) is 11.2. The monoisotopic (exact) mass is 270 g/mol. The zero-order valence-corrected chi connectivity index (χ0v) is 12.0. The fourth-order valence-electron chi connectivity index (χ4n) is 1.56. The fourth-order valence-corrected chi connectivity index (χ4v) is 2.05. The molecule has 0 saturated carbocycles. The zero-order chi connectivity index (χ0) is 13.2. The van der Waals surface area contributed by atoms with E-state index in [-0.39, 0.29) is 11.7 Å². The Hall–Kier alpha value is -1.04. The average Bonchev–Trinajstić information content (AvgIpc) is 2.86. The number of unbranched alkanes of at least 4 members (excludes halogenated alkanes) is 3. The first-order valence-corrected chi connectivity index (χ1v) is 7.85. The van der Waals surface area contributed by atoms with Crippen molar-refractivity contribution in [1.82, 2.24) is 20.5 Å². The van der Waals surface area contributed by atoms with Gasteiger partial charge < -0.3 is 5.32 Å². The molecule has 0 bridgehead atoms. The third kappa shape index (κ3) is 5.53. The van der Waals surface area contributed by atoms with Gasteiger partial charge in [-0.15, -0.1) is 5.10 Å². The maximum atomic E-state index is 11.6. The molecule has 2 N–H and O–H groups in total. The Labute approximate surface area is 113 Å². The Bertz CT molecular complexity index is 354. The van der Waals surface area contributed by atoms with Crippen LogP contribution in [0.2, 0.25) is 0 Å². The lowest BCUT2D eigenvalue weighted by molar-refractivity contribution is 0.0943. The lowest BCUT2D eigenvalue weighted by Gasteiger charge is -2.02. The van der Waals surface area contributed by atoms with E-state index in [1.165, 1.54) is 18.6 Å². The van der Waals surface area contributed by atoms with E-state index in [2.05, 4.69) is 26.8 Å². The van der Waals surface area contributed by atoms with Crippen molar-refractivity contribution >= 4 is 17.7 Å². The molecule has 1 amide bonds. The van der Waals surface area contributed by atoms with E-state index in [1.54, 1.807) is 0 Å². The van der Waals surface area contributed by atoms with Gasteiger partial charge in [0.25, 0.3) is 5.91 Å². The molecule has 1 aromatic heterocycles. The number of thioether (sulfide) groups is 1. The SMILES string of the molecule is CCc1nc(C(=O)NCCCCCCSC)n[nH]1. The maximum absolute atomic E-state index is 11.6. The molecule has 1 rings (SSSR count). The van der Waals surface area contributed by atoms with E-state index in [0.29, 0.717) is 6.54 Å². The number of H-pyrrole nitrogens is 1. The normalized spacial score (nSPS) is 10.6. The van der Waals surface area contributed by atoms with Gasteiger partial charge in [0, 0.05) is 13.0 Å². The Morgan fingerprint density at radius 3 is 2.78 bits per heavy atom. The Balaban J connectivity index is 2.10. The predicted molar refractivity (Wildman–Crippen MR) is 74.9 cm³/mol. The summed E-state index contributed by atoms with van der Waals surface area (Å²) in [5.74, 6) is 2.03. The van der Waals surface area contributed by atoms with E-state index >= 15 is 0 Å². The lowest BCUT2D eigenvalue weighted by Crippen LogP contribution is -2.25. The molecule has 0 fully saturated rings. The molecule has 5 nitrogen and oxygen atoms in total. The molecular weight excluding hydrogens is 248 g/mol. The van der Waals surface area contributed by atoms with E-state index < -0.39 is 0 Å². The molecule has 0 saturated heterocycles. The highest BCUT2D eigenvalue weighted by molar-refractivity contribution is 7.98. The van der Waals surface area contributed by atoms with Crippen LogP contribution in [0.3, 0.4) is 0 Å². The number of nitrogens with one attached hydrogen (secondary N) is 2. The summed E-state index contributed by atoms with van der Waals surface area (Å²) in [7, 11) is 0. The summed E-state index contributed by atoms with van der Waals surface area (Å²) in [5, 5.41) is 9.45. The number of aromatic amines is 1. The number of aryl methyl sites for hydroxylation is 1. The summed E-state index contributed by atoms with van der Waals surface area (Å²) >= 11 is 1.88. The summed E-state index contributed by atoms with van der Waals surface area (Å²) < 4.78 is 0. The van der Waals surface area contributed by atoms with Gasteiger partial charge in [0.1, 0.15) is 5.82 Å². The van der Waals surface area contributed by atoms with E-state index in [0.717, 1.165) is 25.1 Å². The van der Waals surface area contributed by atoms with Gasteiger partial charge in [-0.25, -0.2) is 4.98 Å². The third-order valence-corrected chi connectivity index (χ3v) is 3.33. The highest BCUT2D eigenvalue weighted by atomic mass is 32.2. The Morgan fingerprint density at radius 1 is 1.33 bits per heavy atom. The van der Waals surface area contributed by atoms with Gasteiger partial charge in [-0.3, -0.25) is 9.89 Å². The van der Waals surface area contributed by atoms with Gasteiger partial charge in [-0.1, -0.05) is 19.8 Å². The van der Waals surface area contributed by atoms with Crippen LogP contribution in [0.4, 0.5) is 0 Å². The second kappa shape index (κ2) is 8.97. The molecule has 0 aliphatic heterocycles. The van der Waals surface area contributed by atoms with Crippen molar-refractivity contribution in [3.8, 4) is 0 Å². The van der Waals surface area contributed by atoms with Crippen molar-refractivity contribution in [2.24, 2.45) is 0 Å². The van der Waals surface area contributed by atoms with Crippen LogP contribution in [0, 0.1) is 0 Å². The smallest absolute Gasteiger partial charge is 0.290 e. The minimum Gasteiger partial charge on any atom is -0.349 e. The van der Waals surface area contributed by atoms with Crippen molar-refractivity contribution in [3.05, 3.63) is 11.6 Å². The summed E-state index contributed by atoms with van der Waals surface area (Å²) in [4.78, 5) is 15.7. The van der Waals surface area contributed by atoms with Crippen LogP contribution in [0.15, 0.2) is 0 Å². The second-order valence-corrected chi connectivity index (χ2v) is 5.11. The van der Waals surface area contributed by atoms with Gasteiger partial charge in [-0.05, 0) is 24.9 Å². The molecule has 18 heavy (non-hydrogen) atoms. The van der Waals surface area contributed by atoms with Gasteiger partial charge >= 0.3 is 0 Å². The number of amides is 1. The molecule has 0 aliphatic carbocycles. The minimum atomic E-state index is -0.185. The number of hydrogen-bond donors (Lipinski definition) is 2. The molecule has 0 atom stereocenters. The number of nitrogens with zero attached hydrogens (tertiary/aromatic N) is 2. The summed E-state index contributed by atoms with van der Waals surface area (Å²) in [5.41, 5.74) is 0. The van der Waals surface area contributed by atoms with E-state index in [4.69, 9.17) is 0 Å². The van der Waals surface area contributed by atoms with Crippen molar-refractivity contribution < 1.29 is 4.79 Å². The van der Waals surface area contributed by atoms with Crippen LogP contribution < -0.4 is 5.32 Å². The summed E-state index contributed by atoms with van der Waals surface area (Å²) in [6.45, 7) is 2.67. The fraction of sp³-hybridized carbons (Fsp3) is 0.750. The number of aromatic nitrogens is 3. The van der Waals surface area contributed by atoms with Crippen LogP contribution in [-0.2, 0) is 6.42 Å². The largest absolute Gasteiger partial charge is 0.349 e. The van der Waals surface area contributed by atoms with Gasteiger partial charge in [0.05, 0.1) is 0 Å². The molecule has 1 aromatic rings. The van der Waals surface area contributed by atoms with E-state index in [9.17, 15) is 4.79 Å². The summed E-state index contributed by atoms with van der Waals surface area (Å²) in [6.07, 6.45) is 7.56. The molecule has 0 aliphatic rings. The Morgan fingerprint density at radius 2 is 2.11 bits per heavy atom. The van der Waals surface area contributed by atoms with Crippen LogP contribution in [0.5, 0.6) is 0 Å². The summed E-state index contributed by atoms with van der Waals surface area (Å²) in [6, 6.07) is 0. The standard InChI is InChI=1S/C12H22N4OS/c1-3-10-14-11(16-15-10)12(17)13-8-6-4-5-7-9-18-2/h3-9H2,1-2H3,(H,13,17)(H,14,15,16). The first-order chi connectivity index (χ1) is 8.77. The topological polar surface area (TPSA) is 70.7 Å². The average molecular weight is 270 g/mol. The van der Waals surface area contributed by atoms with Gasteiger partial charge in [-0.2, -0.15) is 11.8 Å². The van der Waals surface area contributed by atoms with Crippen LogP contribution in [0.25, 0.3) is 0 Å². The molecular formula is C12H22N4OS. The van der Waals surface area contributed by atoms with Gasteiger partial charge in [0.2, 0.25) is 5.82 Å². The maximum Gasteiger partial charge on any atom is 0.290 e. The van der Waals surface area contributed by atoms with Crippen molar-refractivity contribution in [2.45, 2.75) is 39.0 Å². The third-order valence-electron chi connectivity index (χ3n) is 2.63. The molecule has 0 aromatic carbocycles. The molecule has 0 spiro atoms. The molecule has 1 heterocycles. The first kappa shape index (κ1) is 15.0. The van der Waals surface area contributed by atoms with Crippen molar-refractivity contribution in [2.75, 3.05) is 18.6 Å². The first-order valence-electron chi connectivity index (χ1n) is 6.46. The van der Waals surface area contributed by atoms with Crippen LogP contribution in [-0.4, -0.2) is 39.6 Å².